The smallest absolute Gasteiger partial charge is 0.262 e. The molecule has 1 fully saturated rings. The molecule has 0 aromatic heterocycles. The zero-order valence-electron chi connectivity index (χ0n) is 22.1. The van der Waals surface area contributed by atoms with Crippen molar-refractivity contribution in [2.75, 3.05) is 52.8 Å². The molecule has 0 aliphatic carbocycles. The molecule has 12 nitrogen and oxygen atoms in total. The van der Waals surface area contributed by atoms with Crippen LogP contribution in [0.15, 0.2) is 30.3 Å². The molecule has 2 aromatic rings. The van der Waals surface area contributed by atoms with Crippen LogP contribution >= 0.6 is 0 Å². The Labute approximate surface area is 231 Å². The predicted octanol–water partition coefficient (Wildman–Crippen LogP) is 0.944. The number of hydrogen-bond acceptors (Lipinski definition) is 9. The molecule has 1 unspecified atom stereocenters. The van der Waals surface area contributed by atoms with Crippen molar-refractivity contribution in [2.45, 2.75) is 31.9 Å². The number of piperidine rings is 1. The van der Waals surface area contributed by atoms with Gasteiger partial charge in [0.2, 0.25) is 18.2 Å². The SMILES string of the molecule is O=CNCCOCCOCCOCCCOCc1ccc2cccc3c2c1C(=O)N(C1CCC(=O)NC1=O)C3=O. The second-order valence-electron chi connectivity index (χ2n) is 9.27. The van der Waals surface area contributed by atoms with E-state index in [4.69, 9.17) is 18.9 Å². The van der Waals surface area contributed by atoms with Crippen molar-refractivity contribution < 1.29 is 42.9 Å². The molecule has 2 aliphatic rings. The number of ether oxygens (including phenoxy) is 4. The topological polar surface area (TPSA) is 150 Å². The Morgan fingerprint density at radius 2 is 1.60 bits per heavy atom. The molecule has 0 radical (unpaired) electrons. The number of carbonyl (C=O) groups is 5. The Morgan fingerprint density at radius 3 is 2.35 bits per heavy atom. The molecule has 2 aromatic carbocycles. The number of hydrogen-bond donors (Lipinski definition) is 2. The Bertz CT molecular complexity index is 1250. The van der Waals surface area contributed by atoms with Gasteiger partial charge in [-0.05, 0) is 29.9 Å². The van der Waals surface area contributed by atoms with Crippen LogP contribution in [0.1, 0.15) is 45.5 Å². The highest BCUT2D eigenvalue weighted by Gasteiger charge is 2.43. The first kappa shape index (κ1) is 29.3. The summed E-state index contributed by atoms with van der Waals surface area (Å²) in [7, 11) is 0. The van der Waals surface area contributed by atoms with E-state index in [-0.39, 0.29) is 19.4 Å². The molecule has 5 amide bonds. The molecule has 2 heterocycles. The molecule has 0 saturated carbocycles. The fourth-order valence-corrected chi connectivity index (χ4v) is 4.70. The van der Waals surface area contributed by atoms with Crippen LogP contribution in [0.3, 0.4) is 0 Å². The third-order valence-corrected chi connectivity index (χ3v) is 6.59. The first-order valence-corrected chi connectivity index (χ1v) is 13.3. The van der Waals surface area contributed by atoms with Crippen LogP contribution < -0.4 is 10.6 Å². The van der Waals surface area contributed by atoms with Crippen LogP contribution in [0.5, 0.6) is 0 Å². The van der Waals surface area contributed by atoms with E-state index in [2.05, 4.69) is 10.6 Å². The number of benzene rings is 2. The van der Waals surface area contributed by atoms with E-state index >= 15 is 0 Å². The largest absolute Gasteiger partial charge is 0.379 e. The van der Waals surface area contributed by atoms with Gasteiger partial charge in [-0.15, -0.1) is 0 Å². The molecule has 2 N–H and O–H groups in total. The van der Waals surface area contributed by atoms with Crippen molar-refractivity contribution in [3.8, 4) is 0 Å². The molecule has 214 valence electrons. The quantitative estimate of drug-likeness (QED) is 0.165. The monoisotopic (exact) mass is 555 g/mol. The number of imide groups is 2. The van der Waals surface area contributed by atoms with Crippen molar-refractivity contribution in [1.29, 1.82) is 0 Å². The van der Waals surface area contributed by atoms with Gasteiger partial charge in [0.25, 0.3) is 11.8 Å². The third-order valence-electron chi connectivity index (χ3n) is 6.59. The van der Waals surface area contributed by atoms with Crippen molar-refractivity contribution in [1.82, 2.24) is 15.5 Å². The Balaban J connectivity index is 1.26. The zero-order valence-corrected chi connectivity index (χ0v) is 22.1. The van der Waals surface area contributed by atoms with Gasteiger partial charge in [0.1, 0.15) is 6.04 Å². The van der Waals surface area contributed by atoms with Gasteiger partial charge in [-0.25, -0.2) is 0 Å². The van der Waals surface area contributed by atoms with Gasteiger partial charge in [-0.3, -0.25) is 34.2 Å². The van der Waals surface area contributed by atoms with E-state index in [1.54, 1.807) is 18.2 Å². The van der Waals surface area contributed by atoms with Gasteiger partial charge in [-0.2, -0.15) is 0 Å². The average molecular weight is 556 g/mol. The molecule has 12 heteroatoms. The van der Waals surface area contributed by atoms with Crippen LogP contribution in [0, 0.1) is 0 Å². The molecule has 1 atom stereocenters. The van der Waals surface area contributed by atoms with Gasteiger partial charge < -0.3 is 24.3 Å². The molecular weight excluding hydrogens is 522 g/mol. The summed E-state index contributed by atoms with van der Waals surface area (Å²) in [6, 6.07) is 7.81. The summed E-state index contributed by atoms with van der Waals surface area (Å²) in [5, 5.41) is 6.03. The Hall–Kier alpha value is -3.71. The second kappa shape index (κ2) is 14.6. The minimum atomic E-state index is -1.05. The standard InChI is InChI=1S/C28H33N3O9/c32-18-29-9-12-38-14-16-39-15-13-37-10-2-11-40-17-20-6-5-19-3-1-4-21-24(19)25(20)28(36)31(27(21)35)22-7-8-23(33)30-26(22)34/h1,3-6,18,22H,2,7-17H2,(H,29,32)(H,30,33,34). The molecule has 40 heavy (non-hydrogen) atoms. The van der Waals surface area contributed by atoms with Crippen molar-refractivity contribution in [2.24, 2.45) is 0 Å². The first-order valence-electron chi connectivity index (χ1n) is 13.3. The Morgan fingerprint density at radius 1 is 0.875 bits per heavy atom. The number of amides is 5. The minimum absolute atomic E-state index is 0.0548. The second-order valence-corrected chi connectivity index (χ2v) is 9.27. The normalized spacial score (nSPS) is 16.9. The van der Waals surface area contributed by atoms with E-state index in [0.717, 1.165) is 10.3 Å². The lowest BCUT2D eigenvalue weighted by molar-refractivity contribution is -0.136. The lowest BCUT2D eigenvalue weighted by Crippen LogP contribution is -2.57. The highest BCUT2D eigenvalue weighted by molar-refractivity contribution is 6.27. The maximum absolute atomic E-state index is 13.7. The van der Waals surface area contributed by atoms with E-state index in [1.165, 1.54) is 0 Å². The highest BCUT2D eigenvalue weighted by atomic mass is 16.5. The summed E-state index contributed by atoms with van der Waals surface area (Å²) >= 11 is 0. The summed E-state index contributed by atoms with van der Waals surface area (Å²) in [5.74, 6) is -2.17. The van der Waals surface area contributed by atoms with Crippen molar-refractivity contribution in [3.63, 3.8) is 0 Å². The van der Waals surface area contributed by atoms with Gasteiger partial charge in [0, 0.05) is 37.1 Å². The van der Waals surface area contributed by atoms with Gasteiger partial charge in [0.05, 0.1) is 45.2 Å². The van der Waals surface area contributed by atoms with Crippen molar-refractivity contribution >= 4 is 40.8 Å². The summed E-state index contributed by atoms with van der Waals surface area (Å²) in [6.45, 7) is 3.67. The van der Waals surface area contributed by atoms with Crippen LogP contribution in [-0.4, -0.2) is 93.8 Å². The molecular formula is C28H33N3O9. The summed E-state index contributed by atoms with van der Waals surface area (Å²) < 4.78 is 22.1. The van der Waals surface area contributed by atoms with E-state index in [0.29, 0.717) is 87.7 Å². The van der Waals surface area contributed by atoms with E-state index < -0.39 is 29.7 Å². The lowest BCUT2D eigenvalue weighted by Gasteiger charge is -2.35. The minimum Gasteiger partial charge on any atom is -0.379 e. The van der Waals surface area contributed by atoms with Crippen LogP contribution in [0.2, 0.25) is 0 Å². The fraction of sp³-hybridized carbons (Fsp3) is 0.464. The summed E-state index contributed by atoms with van der Waals surface area (Å²) in [5.41, 5.74) is 1.30. The van der Waals surface area contributed by atoms with E-state index in [9.17, 15) is 24.0 Å². The molecule has 2 aliphatic heterocycles. The molecule has 4 rings (SSSR count). The summed E-state index contributed by atoms with van der Waals surface area (Å²) in [4.78, 5) is 62.2. The molecule has 0 bridgehead atoms. The fourth-order valence-electron chi connectivity index (χ4n) is 4.70. The third kappa shape index (κ3) is 7.07. The van der Waals surface area contributed by atoms with Crippen molar-refractivity contribution in [3.05, 3.63) is 47.0 Å². The number of nitrogens with one attached hydrogen (secondary N) is 2. The predicted molar refractivity (Wildman–Crippen MR) is 141 cm³/mol. The van der Waals surface area contributed by atoms with Crippen LogP contribution in [0.4, 0.5) is 0 Å². The zero-order chi connectivity index (χ0) is 28.3. The van der Waals surface area contributed by atoms with Gasteiger partial charge in [0.15, 0.2) is 0 Å². The van der Waals surface area contributed by atoms with Gasteiger partial charge >= 0.3 is 0 Å². The number of rotatable bonds is 17. The first-order chi connectivity index (χ1) is 19.5. The number of carbonyl (C=O) groups excluding carboxylic acids is 5. The van der Waals surface area contributed by atoms with Gasteiger partial charge in [-0.1, -0.05) is 24.3 Å². The average Bonchev–Trinajstić information content (AvgIpc) is 2.95. The molecule has 0 spiro atoms. The summed E-state index contributed by atoms with van der Waals surface area (Å²) in [6.07, 6.45) is 1.40. The highest BCUT2D eigenvalue weighted by Crippen LogP contribution is 2.34. The Kier molecular flexibility index (Phi) is 10.7. The number of nitrogens with zero attached hydrogens (tertiary/aromatic N) is 1. The van der Waals surface area contributed by atoms with E-state index in [1.807, 2.05) is 12.1 Å². The maximum Gasteiger partial charge on any atom is 0.262 e. The molecule has 1 saturated heterocycles. The van der Waals surface area contributed by atoms with Crippen LogP contribution in [0.25, 0.3) is 10.8 Å². The maximum atomic E-state index is 13.7. The lowest BCUT2D eigenvalue weighted by atomic mass is 9.89. The van der Waals surface area contributed by atoms with Crippen LogP contribution in [-0.2, 0) is 39.9 Å².